The van der Waals surface area contributed by atoms with Crippen molar-refractivity contribution in [2.45, 2.75) is 19.9 Å². The molecule has 0 radical (unpaired) electrons. The summed E-state index contributed by atoms with van der Waals surface area (Å²) < 4.78 is 0. The highest BCUT2D eigenvalue weighted by Gasteiger charge is 2.25. The molecule has 1 saturated heterocycles. The lowest BCUT2D eigenvalue weighted by atomic mass is 10.0. The largest absolute Gasteiger partial charge is 0.338 e. The van der Waals surface area contributed by atoms with E-state index in [4.69, 9.17) is 5.73 Å². The average molecular weight is 249 g/mol. The van der Waals surface area contributed by atoms with Crippen LogP contribution in [0.1, 0.15) is 13.8 Å². The van der Waals surface area contributed by atoms with Gasteiger partial charge in [-0.3, -0.25) is 4.90 Å². The molecule has 0 saturated carbocycles. The number of anilines is 1. The lowest BCUT2D eigenvalue weighted by molar-refractivity contribution is 0.150. The van der Waals surface area contributed by atoms with Crippen LogP contribution in [0.2, 0.25) is 0 Å². The highest BCUT2D eigenvalue weighted by molar-refractivity contribution is 5.29. The number of nitrogens with two attached hydrogens (primary N) is 1. The van der Waals surface area contributed by atoms with Crippen molar-refractivity contribution in [3.05, 3.63) is 18.5 Å². The van der Waals surface area contributed by atoms with Crippen LogP contribution in [0, 0.1) is 5.92 Å². The zero-order valence-corrected chi connectivity index (χ0v) is 11.3. The zero-order chi connectivity index (χ0) is 13.0. The number of hydrogen-bond donors (Lipinski definition) is 1. The second-order valence-corrected chi connectivity index (χ2v) is 5.12. The average Bonchev–Trinajstić information content (AvgIpc) is 2.41. The van der Waals surface area contributed by atoms with E-state index in [1.807, 2.05) is 6.07 Å². The molecule has 0 aliphatic carbocycles. The standard InChI is InChI=1S/C13H23N5/c1-11(2)12(10-14)17-6-8-18(9-7-17)13-15-4-3-5-16-13/h3-5,11-12H,6-10,14H2,1-2H3. The van der Waals surface area contributed by atoms with E-state index in [-0.39, 0.29) is 0 Å². The van der Waals surface area contributed by atoms with E-state index in [1.54, 1.807) is 12.4 Å². The highest BCUT2D eigenvalue weighted by atomic mass is 15.3. The number of nitrogens with zero attached hydrogens (tertiary/aromatic N) is 4. The van der Waals surface area contributed by atoms with Crippen molar-refractivity contribution in [3.8, 4) is 0 Å². The molecule has 1 aliphatic rings. The SMILES string of the molecule is CC(C)C(CN)N1CCN(c2ncccn2)CC1. The molecular weight excluding hydrogens is 226 g/mol. The molecule has 0 aromatic carbocycles. The van der Waals surface area contributed by atoms with Crippen LogP contribution in [0.5, 0.6) is 0 Å². The third-order valence-electron chi connectivity index (χ3n) is 3.63. The van der Waals surface area contributed by atoms with Crippen molar-refractivity contribution in [3.63, 3.8) is 0 Å². The summed E-state index contributed by atoms with van der Waals surface area (Å²) in [5.41, 5.74) is 5.87. The van der Waals surface area contributed by atoms with Crippen LogP contribution in [0.4, 0.5) is 5.95 Å². The monoisotopic (exact) mass is 249 g/mol. The Labute approximate surface area is 109 Å². The Hall–Kier alpha value is -1.20. The van der Waals surface area contributed by atoms with Gasteiger partial charge < -0.3 is 10.6 Å². The van der Waals surface area contributed by atoms with Gasteiger partial charge in [-0.2, -0.15) is 0 Å². The summed E-state index contributed by atoms with van der Waals surface area (Å²) in [6, 6.07) is 2.34. The fourth-order valence-corrected chi connectivity index (χ4v) is 2.55. The summed E-state index contributed by atoms with van der Waals surface area (Å²) >= 11 is 0. The van der Waals surface area contributed by atoms with Crippen molar-refractivity contribution < 1.29 is 0 Å². The van der Waals surface area contributed by atoms with Gasteiger partial charge in [0.15, 0.2) is 0 Å². The molecule has 1 unspecified atom stereocenters. The molecule has 2 heterocycles. The zero-order valence-electron chi connectivity index (χ0n) is 11.3. The van der Waals surface area contributed by atoms with Gasteiger partial charge >= 0.3 is 0 Å². The Morgan fingerprint density at radius 2 is 1.78 bits per heavy atom. The van der Waals surface area contributed by atoms with Crippen LogP contribution >= 0.6 is 0 Å². The normalized spacial score (nSPS) is 19.2. The van der Waals surface area contributed by atoms with Crippen molar-refractivity contribution in [1.82, 2.24) is 14.9 Å². The van der Waals surface area contributed by atoms with Crippen molar-refractivity contribution in [2.24, 2.45) is 11.7 Å². The van der Waals surface area contributed by atoms with Crippen LogP contribution in [0.15, 0.2) is 18.5 Å². The predicted octanol–water partition coefficient (Wildman–Crippen LogP) is 0.582. The van der Waals surface area contributed by atoms with Crippen molar-refractivity contribution in [1.29, 1.82) is 0 Å². The van der Waals surface area contributed by atoms with E-state index in [9.17, 15) is 0 Å². The molecule has 0 amide bonds. The van der Waals surface area contributed by atoms with Gasteiger partial charge in [0, 0.05) is 51.2 Å². The first-order chi connectivity index (χ1) is 8.72. The number of aromatic nitrogens is 2. The molecule has 100 valence electrons. The Morgan fingerprint density at radius 1 is 1.17 bits per heavy atom. The van der Waals surface area contributed by atoms with Gasteiger partial charge in [-0.25, -0.2) is 9.97 Å². The molecule has 2 N–H and O–H groups in total. The first-order valence-corrected chi connectivity index (χ1v) is 6.68. The summed E-state index contributed by atoms with van der Waals surface area (Å²) in [4.78, 5) is 13.3. The molecule has 1 aromatic rings. The Bertz CT molecular complexity index is 346. The second kappa shape index (κ2) is 6.11. The molecule has 2 rings (SSSR count). The van der Waals surface area contributed by atoms with E-state index in [0.717, 1.165) is 38.7 Å². The molecular formula is C13H23N5. The third-order valence-corrected chi connectivity index (χ3v) is 3.63. The van der Waals surface area contributed by atoms with Crippen LogP contribution in [0.3, 0.4) is 0 Å². The summed E-state index contributed by atoms with van der Waals surface area (Å²) in [5, 5.41) is 0. The van der Waals surface area contributed by atoms with Crippen molar-refractivity contribution >= 4 is 5.95 Å². The topological polar surface area (TPSA) is 58.3 Å². The summed E-state index contributed by atoms with van der Waals surface area (Å²) in [6.07, 6.45) is 3.59. The lowest BCUT2D eigenvalue weighted by Crippen LogP contribution is -2.54. The Morgan fingerprint density at radius 3 is 2.28 bits per heavy atom. The van der Waals surface area contributed by atoms with Crippen LogP contribution in [0.25, 0.3) is 0 Å². The van der Waals surface area contributed by atoms with Gasteiger partial charge in [-0.05, 0) is 12.0 Å². The van der Waals surface area contributed by atoms with Gasteiger partial charge in [-0.15, -0.1) is 0 Å². The second-order valence-electron chi connectivity index (χ2n) is 5.12. The van der Waals surface area contributed by atoms with E-state index >= 15 is 0 Å². The van der Waals surface area contributed by atoms with Crippen LogP contribution < -0.4 is 10.6 Å². The number of piperazine rings is 1. The van der Waals surface area contributed by atoms with E-state index in [0.29, 0.717) is 12.0 Å². The van der Waals surface area contributed by atoms with E-state index in [2.05, 4.69) is 33.6 Å². The summed E-state index contributed by atoms with van der Waals surface area (Å²) in [6.45, 7) is 9.25. The maximum absolute atomic E-state index is 5.87. The Balaban J connectivity index is 1.92. The summed E-state index contributed by atoms with van der Waals surface area (Å²) in [7, 11) is 0. The fourth-order valence-electron chi connectivity index (χ4n) is 2.55. The van der Waals surface area contributed by atoms with Gasteiger partial charge in [0.05, 0.1) is 0 Å². The first-order valence-electron chi connectivity index (χ1n) is 6.68. The van der Waals surface area contributed by atoms with E-state index < -0.39 is 0 Å². The van der Waals surface area contributed by atoms with Gasteiger partial charge in [0.1, 0.15) is 0 Å². The van der Waals surface area contributed by atoms with E-state index in [1.165, 1.54) is 0 Å². The minimum Gasteiger partial charge on any atom is -0.338 e. The molecule has 5 heteroatoms. The molecule has 18 heavy (non-hydrogen) atoms. The molecule has 0 bridgehead atoms. The molecule has 1 atom stereocenters. The lowest BCUT2D eigenvalue weighted by Gasteiger charge is -2.40. The van der Waals surface area contributed by atoms with Crippen molar-refractivity contribution in [2.75, 3.05) is 37.6 Å². The van der Waals surface area contributed by atoms with Gasteiger partial charge in [0.2, 0.25) is 5.95 Å². The third kappa shape index (κ3) is 2.97. The minimum absolute atomic E-state index is 0.490. The first kappa shape index (κ1) is 13.2. The fraction of sp³-hybridized carbons (Fsp3) is 0.692. The summed E-state index contributed by atoms with van der Waals surface area (Å²) in [5.74, 6) is 1.44. The maximum atomic E-state index is 5.87. The van der Waals surface area contributed by atoms with Gasteiger partial charge in [0.25, 0.3) is 0 Å². The minimum atomic E-state index is 0.490. The predicted molar refractivity (Wildman–Crippen MR) is 73.5 cm³/mol. The number of hydrogen-bond acceptors (Lipinski definition) is 5. The smallest absolute Gasteiger partial charge is 0.225 e. The van der Waals surface area contributed by atoms with Crippen LogP contribution in [-0.2, 0) is 0 Å². The molecule has 0 spiro atoms. The molecule has 1 fully saturated rings. The van der Waals surface area contributed by atoms with Crippen LogP contribution in [-0.4, -0.2) is 53.6 Å². The highest BCUT2D eigenvalue weighted by Crippen LogP contribution is 2.15. The number of rotatable bonds is 4. The Kier molecular flexibility index (Phi) is 4.49. The molecule has 5 nitrogen and oxygen atoms in total. The molecule has 1 aliphatic heterocycles. The van der Waals surface area contributed by atoms with Gasteiger partial charge in [-0.1, -0.05) is 13.8 Å². The quantitative estimate of drug-likeness (QED) is 0.846. The maximum Gasteiger partial charge on any atom is 0.225 e. The molecule has 1 aromatic heterocycles.